The van der Waals surface area contributed by atoms with Crippen LogP contribution < -0.4 is 5.32 Å². The lowest BCUT2D eigenvalue weighted by molar-refractivity contribution is 0.0298. The van der Waals surface area contributed by atoms with Gasteiger partial charge in [-0.05, 0) is 48.7 Å². The molecule has 0 spiro atoms. The van der Waals surface area contributed by atoms with Gasteiger partial charge in [0.05, 0.1) is 12.7 Å². The van der Waals surface area contributed by atoms with Gasteiger partial charge in [-0.15, -0.1) is 0 Å². The van der Waals surface area contributed by atoms with E-state index in [1.165, 1.54) is 16.7 Å². The van der Waals surface area contributed by atoms with Crippen molar-refractivity contribution in [3.05, 3.63) is 70.2 Å². The highest BCUT2D eigenvalue weighted by Gasteiger charge is 2.24. The Balaban J connectivity index is 1.82. The van der Waals surface area contributed by atoms with E-state index in [1.807, 2.05) is 25.2 Å². The number of nitrogens with one attached hydrogen (secondary N) is 1. The molecule has 0 aliphatic carbocycles. The van der Waals surface area contributed by atoms with E-state index >= 15 is 0 Å². The highest BCUT2D eigenvalue weighted by Crippen LogP contribution is 2.34. The van der Waals surface area contributed by atoms with Crippen LogP contribution in [0.2, 0.25) is 5.02 Å². The molecule has 2 aromatic carbocycles. The monoisotopic (exact) mass is 301 g/mol. The third-order valence-corrected chi connectivity index (χ3v) is 4.38. The molecule has 1 aliphatic heterocycles. The predicted molar refractivity (Wildman–Crippen MR) is 86.7 cm³/mol. The Bertz CT molecular complexity index is 614. The molecule has 1 aliphatic rings. The maximum absolute atomic E-state index is 6.11. The number of rotatable bonds is 4. The zero-order valence-electron chi connectivity index (χ0n) is 12.2. The predicted octanol–water partition coefficient (Wildman–Crippen LogP) is 4.30. The second-order valence-corrected chi connectivity index (χ2v) is 5.88. The van der Waals surface area contributed by atoms with E-state index < -0.39 is 0 Å². The minimum Gasteiger partial charge on any atom is -0.373 e. The minimum atomic E-state index is 0.145. The molecule has 21 heavy (non-hydrogen) atoms. The molecule has 2 unspecified atom stereocenters. The summed E-state index contributed by atoms with van der Waals surface area (Å²) in [4.78, 5) is 0. The summed E-state index contributed by atoms with van der Waals surface area (Å²) in [5.74, 6) is 0. The van der Waals surface area contributed by atoms with E-state index in [0.717, 1.165) is 24.5 Å². The van der Waals surface area contributed by atoms with Gasteiger partial charge in [0.25, 0.3) is 0 Å². The van der Waals surface area contributed by atoms with Crippen LogP contribution >= 0.6 is 11.6 Å². The van der Waals surface area contributed by atoms with Gasteiger partial charge < -0.3 is 10.1 Å². The summed E-state index contributed by atoms with van der Waals surface area (Å²) in [6, 6.07) is 16.9. The maximum Gasteiger partial charge on any atom is 0.0845 e. The number of hydrogen-bond acceptors (Lipinski definition) is 2. The van der Waals surface area contributed by atoms with Crippen molar-refractivity contribution in [3.8, 4) is 0 Å². The second kappa shape index (κ2) is 6.61. The van der Waals surface area contributed by atoms with Gasteiger partial charge in [0.15, 0.2) is 0 Å². The van der Waals surface area contributed by atoms with Gasteiger partial charge in [-0.1, -0.05) is 48.0 Å². The van der Waals surface area contributed by atoms with Crippen molar-refractivity contribution in [2.45, 2.75) is 25.0 Å². The van der Waals surface area contributed by atoms with Crippen LogP contribution in [-0.2, 0) is 11.2 Å². The SMILES string of the molecule is CNC(CC1OCCc2ccccc21)c1cccc(Cl)c1. The van der Waals surface area contributed by atoms with Crippen molar-refractivity contribution >= 4 is 11.6 Å². The van der Waals surface area contributed by atoms with Crippen molar-refractivity contribution in [2.24, 2.45) is 0 Å². The highest BCUT2D eigenvalue weighted by atomic mass is 35.5. The standard InChI is InChI=1S/C18H20ClNO/c1-20-17(14-6-4-7-15(19)11-14)12-18-16-8-3-2-5-13(16)9-10-21-18/h2-8,11,17-18,20H,9-10,12H2,1H3. The summed E-state index contributed by atoms with van der Waals surface area (Å²) in [6.45, 7) is 0.799. The molecule has 0 saturated heterocycles. The zero-order chi connectivity index (χ0) is 14.7. The summed E-state index contributed by atoms with van der Waals surface area (Å²) < 4.78 is 6.02. The molecule has 1 N–H and O–H groups in total. The molecule has 2 nitrogen and oxygen atoms in total. The smallest absolute Gasteiger partial charge is 0.0845 e. The summed E-state index contributed by atoms with van der Waals surface area (Å²) in [5.41, 5.74) is 3.94. The Hall–Kier alpha value is -1.35. The number of ether oxygens (including phenoxy) is 1. The van der Waals surface area contributed by atoms with Crippen LogP contribution in [0.5, 0.6) is 0 Å². The topological polar surface area (TPSA) is 21.3 Å². The first-order valence-corrected chi connectivity index (χ1v) is 7.78. The van der Waals surface area contributed by atoms with E-state index in [9.17, 15) is 0 Å². The van der Waals surface area contributed by atoms with E-state index in [-0.39, 0.29) is 12.1 Å². The molecular weight excluding hydrogens is 282 g/mol. The van der Waals surface area contributed by atoms with E-state index in [2.05, 4.69) is 35.6 Å². The summed E-state index contributed by atoms with van der Waals surface area (Å²) in [6.07, 6.45) is 2.06. The summed E-state index contributed by atoms with van der Waals surface area (Å²) in [7, 11) is 1.99. The number of halogens is 1. The van der Waals surface area contributed by atoms with Gasteiger partial charge in [-0.3, -0.25) is 0 Å². The van der Waals surface area contributed by atoms with Crippen molar-refractivity contribution in [3.63, 3.8) is 0 Å². The maximum atomic E-state index is 6.11. The molecule has 0 amide bonds. The van der Waals surface area contributed by atoms with Crippen LogP contribution in [0.25, 0.3) is 0 Å². The second-order valence-electron chi connectivity index (χ2n) is 5.44. The molecule has 0 radical (unpaired) electrons. The van der Waals surface area contributed by atoms with E-state index in [0.29, 0.717) is 0 Å². The molecule has 0 aromatic heterocycles. The molecule has 3 rings (SSSR count). The third-order valence-electron chi connectivity index (χ3n) is 4.14. The van der Waals surface area contributed by atoms with Crippen LogP contribution in [-0.4, -0.2) is 13.7 Å². The average Bonchev–Trinajstić information content (AvgIpc) is 2.52. The lowest BCUT2D eigenvalue weighted by Crippen LogP contribution is -2.23. The number of hydrogen-bond donors (Lipinski definition) is 1. The van der Waals surface area contributed by atoms with Crippen molar-refractivity contribution < 1.29 is 4.74 Å². The molecule has 2 aromatic rings. The van der Waals surface area contributed by atoms with Gasteiger partial charge in [0, 0.05) is 11.1 Å². The summed E-state index contributed by atoms with van der Waals surface area (Å²) in [5, 5.41) is 4.16. The molecule has 2 atom stereocenters. The Morgan fingerprint density at radius 1 is 1.24 bits per heavy atom. The Kier molecular flexibility index (Phi) is 4.59. The average molecular weight is 302 g/mol. The van der Waals surface area contributed by atoms with Crippen molar-refractivity contribution in [1.29, 1.82) is 0 Å². The van der Waals surface area contributed by atoms with E-state index in [1.54, 1.807) is 0 Å². The fourth-order valence-electron chi connectivity index (χ4n) is 3.03. The molecule has 110 valence electrons. The molecule has 0 fully saturated rings. The van der Waals surface area contributed by atoms with Crippen LogP contribution in [0.4, 0.5) is 0 Å². The van der Waals surface area contributed by atoms with Crippen molar-refractivity contribution in [2.75, 3.05) is 13.7 Å². The zero-order valence-corrected chi connectivity index (χ0v) is 12.9. The number of fused-ring (bicyclic) bond motifs is 1. The van der Waals surface area contributed by atoms with Crippen LogP contribution in [0.3, 0.4) is 0 Å². The number of benzene rings is 2. The fraction of sp³-hybridized carbons (Fsp3) is 0.333. The first-order chi connectivity index (χ1) is 10.3. The van der Waals surface area contributed by atoms with Crippen LogP contribution in [0, 0.1) is 0 Å². The van der Waals surface area contributed by atoms with Crippen molar-refractivity contribution in [1.82, 2.24) is 5.32 Å². The van der Waals surface area contributed by atoms with Gasteiger partial charge in [-0.25, -0.2) is 0 Å². The first-order valence-electron chi connectivity index (χ1n) is 7.40. The Morgan fingerprint density at radius 2 is 2.10 bits per heavy atom. The first kappa shape index (κ1) is 14.6. The molecule has 3 heteroatoms. The van der Waals surface area contributed by atoms with Gasteiger partial charge in [0.2, 0.25) is 0 Å². The lowest BCUT2D eigenvalue weighted by atomic mass is 9.91. The molecule has 0 saturated carbocycles. The third kappa shape index (κ3) is 3.29. The Labute approximate surface area is 131 Å². The fourth-order valence-corrected chi connectivity index (χ4v) is 3.23. The lowest BCUT2D eigenvalue weighted by Gasteiger charge is -2.29. The highest BCUT2D eigenvalue weighted by molar-refractivity contribution is 6.30. The normalized spacial score (nSPS) is 19.0. The quantitative estimate of drug-likeness (QED) is 0.909. The largest absolute Gasteiger partial charge is 0.373 e. The molecule has 0 bridgehead atoms. The minimum absolute atomic E-state index is 0.145. The van der Waals surface area contributed by atoms with Gasteiger partial charge in [0.1, 0.15) is 0 Å². The Morgan fingerprint density at radius 3 is 2.90 bits per heavy atom. The van der Waals surface area contributed by atoms with Gasteiger partial charge >= 0.3 is 0 Å². The molecular formula is C18H20ClNO. The summed E-state index contributed by atoms with van der Waals surface area (Å²) >= 11 is 6.11. The van der Waals surface area contributed by atoms with Gasteiger partial charge in [-0.2, -0.15) is 0 Å². The molecule has 1 heterocycles. The van der Waals surface area contributed by atoms with Crippen LogP contribution in [0.1, 0.15) is 35.3 Å². The van der Waals surface area contributed by atoms with E-state index in [4.69, 9.17) is 16.3 Å². The van der Waals surface area contributed by atoms with Crippen LogP contribution in [0.15, 0.2) is 48.5 Å².